The zero-order valence-corrected chi connectivity index (χ0v) is 8.77. The maximum absolute atomic E-state index is 5.67. The van der Waals surface area contributed by atoms with Crippen molar-refractivity contribution >= 4 is 5.82 Å². The molecule has 5 heteroatoms. The summed E-state index contributed by atoms with van der Waals surface area (Å²) in [6, 6.07) is 1.64. The van der Waals surface area contributed by atoms with Crippen molar-refractivity contribution in [3.63, 3.8) is 0 Å². The summed E-state index contributed by atoms with van der Waals surface area (Å²) in [5, 5.41) is 0. The van der Waals surface area contributed by atoms with E-state index in [-0.39, 0.29) is 0 Å². The van der Waals surface area contributed by atoms with Crippen molar-refractivity contribution in [1.29, 1.82) is 0 Å². The van der Waals surface area contributed by atoms with Crippen LogP contribution < -0.4 is 10.5 Å². The number of hydrogen-bond acceptors (Lipinski definition) is 5. The van der Waals surface area contributed by atoms with Gasteiger partial charge in [0.1, 0.15) is 18.2 Å². The van der Waals surface area contributed by atoms with Gasteiger partial charge in [-0.15, -0.1) is 0 Å². The maximum Gasteiger partial charge on any atom is 0.218 e. The Balaban J connectivity index is 2.02. The molecule has 2 N–H and O–H groups in total. The van der Waals surface area contributed by atoms with E-state index in [0.717, 1.165) is 18.7 Å². The Labute approximate surface area is 88.6 Å². The Hall–Kier alpha value is -1.36. The van der Waals surface area contributed by atoms with Gasteiger partial charge in [-0.3, -0.25) is 0 Å². The second-order valence-corrected chi connectivity index (χ2v) is 3.60. The molecule has 1 aromatic heterocycles. The molecule has 2 rings (SSSR count). The van der Waals surface area contributed by atoms with Crippen molar-refractivity contribution in [2.45, 2.75) is 18.8 Å². The average molecular weight is 209 g/mol. The molecule has 0 unspecified atom stereocenters. The fourth-order valence-corrected chi connectivity index (χ4v) is 1.29. The fourth-order valence-electron chi connectivity index (χ4n) is 1.29. The number of aromatic nitrogens is 2. The molecule has 1 aromatic rings. The highest BCUT2D eigenvalue weighted by Crippen LogP contribution is 2.38. The van der Waals surface area contributed by atoms with E-state index in [1.807, 2.05) is 0 Å². The van der Waals surface area contributed by atoms with Crippen molar-refractivity contribution < 1.29 is 9.47 Å². The Bertz CT molecular complexity index is 339. The predicted octanol–water partition coefficient (Wildman–Crippen LogP) is 0.961. The number of nitrogens with two attached hydrogens (primary N) is 1. The second-order valence-electron chi connectivity index (χ2n) is 3.60. The van der Waals surface area contributed by atoms with Gasteiger partial charge in [-0.05, 0) is 12.8 Å². The monoisotopic (exact) mass is 209 g/mol. The number of nitrogen functional groups attached to an aromatic ring is 1. The standard InChI is InChI=1S/C10H15N3O2/c1-14-4-5-15-9-6-8(11)12-10(13-9)7-2-3-7/h6-7H,2-5H2,1H3,(H2,11,12,13). The summed E-state index contributed by atoms with van der Waals surface area (Å²) in [6.07, 6.45) is 2.31. The minimum atomic E-state index is 0.472. The molecule has 1 aliphatic carbocycles. The zero-order valence-electron chi connectivity index (χ0n) is 8.77. The molecule has 0 saturated heterocycles. The van der Waals surface area contributed by atoms with E-state index in [4.69, 9.17) is 15.2 Å². The van der Waals surface area contributed by atoms with Gasteiger partial charge >= 0.3 is 0 Å². The highest BCUT2D eigenvalue weighted by Gasteiger charge is 2.27. The summed E-state index contributed by atoms with van der Waals surface area (Å²) < 4.78 is 10.3. The first-order chi connectivity index (χ1) is 7.29. The van der Waals surface area contributed by atoms with Gasteiger partial charge < -0.3 is 15.2 Å². The average Bonchev–Trinajstić information content (AvgIpc) is 3.00. The van der Waals surface area contributed by atoms with E-state index >= 15 is 0 Å². The summed E-state index contributed by atoms with van der Waals surface area (Å²) in [5.74, 6) is 2.31. The molecule has 82 valence electrons. The molecule has 15 heavy (non-hydrogen) atoms. The first-order valence-electron chi connectivity index (χ1n) is 5.06. The molecular weight excluding hydrogens is 194 g/mol. The van der Waals surface area contributed by atoms with Crippen molar-refractivity contribution in [2.24, 2.45) is 0 Å². The lowest BCUT2D eigenvalue weighted by Gasteiger charge is -2.06. The molecule has 0 amide bonds. The first-order valence-corrected chi connectivity index (χ1v) is 5.06. The summed E-state index contributed by atoms with van der Waals surface area (Å²) in [4.78, 5) is 8.48. The van der Waals surface area contributed by atoms with E-state index < -0.39 is 0 Å². The summed E-state index contributed by atoms with van der Waals surface area (Å²) in [5.41, 5.74) is 5.67. The Morgan fingerprint density at radius 3 is 2.87 bits per heavy atom. The minimum Gasteiger partial charge on any atom is -0.475 e. The van der Waals surface area contributed by atoms with Gasteiger partial charge in [0.2, 0.25) is 5.88 Å². The van der Waals surface area contributed by atoms with Crippen molar-refractivity contribution in [3.8, 4) is 5.88 Å². The van der Waals surface area contributed by atoms with E-state index in [9.17, 15) is 0 Å². The lowest BCUT2D eigenvalue weighted by Crippen LogP contribution is -2.07. The van der Waals surface area contributed by atoms with E-state index in [0.29, 0.717) is 30.8 Å². The maximum atomic E-state index is 5.67. The Kier molecular flexibility index (Phi) is 3.01. The predicted molar refractivity (Wildman–Crippen MR) is 55.8 cm³/mol. The molecule has 1 fully saturated rings. The molecule has 0 atom stereocenters. The van der Waals surface area contributed by atoms with Gasteiger partial charge in [0, 0.05) is 19.1 Å². The van der Waals surface area contributed by atoms with Crippen LogP contribution in [0.5, 0.6) is 5.88 Å². The lowest BCUT2D eigenvalue weighted by atomic mass is 10.4. The van der Waals surface area contributed by atoms with E-state index in [1.165, 1.54) is 0 Å². The SMILES string of the molecule is COCCOc1cc(N)nc(C2CC2)n1. The third kappa shape index (κ3) is 2.79. The first kappa shape index (κ1) is 10.2. The topological polar surface area (TPSA) is 70.3 Å². The quantitative estimate of drug-likeness (QED) is 0.731. The highest BCUT2D eigenvalue weighted by atomic mass is 16.5. The van der Waals surface area contributed by atoms with Crippen LogP contribution in [-0.2, 0) is 4.74 Å². The van der Waals surface area contributed by atoms with E-state index in [1.54, 1.807) is 13.2 Å². The third-order valence-corrected chi connectivity index (χ3v) is 2.22. The van der Waals surface area contributed by atoms with Crippen LogP contribution >= 0.6 is 0 Å². The summed E-state index contributed by atoms with van der Waals surface area (Å²) in [6.45, 7) is 1.03. The van der Waals surface area contributed by atoms with Gasteiger partial charge in [-0.25, -0.2) is 4.98 Å². The van der Waals surface area contributed by atoms with Crippen LogP contribution in [0, 0.1) is 0 Å². The molecule has 0 aliphatic heterocycles. The van der Waals surface area contributed by atoms with Gasteiger partial charge in [0.15, 0.2) is 0 Å². The molecule has 1 heterocycles. The molecule has 0 bridgehead atoms. The molecule has 1 aliphatic rings. The van der Waals surface area contributed by atoms with Crippen molar-refractivity contribution in [1.82, 2.24) is 9.97 Å². The van der Waals surface area contributed by atoms with Gasteiger partial charge in [0.05, 0.1) is 6.61 Å². The minimum absolute atomic E-state index is 0.472. The number of ether oxygens (including phenoxy) is 2. The van der Waals surface area contributed by atoms with Crippen LogP contribution in [0.1, 0.15) is 24.6 Å². The number of hydrogen-bond donors (Lipinski definition) is 1. The van der Waals surface area contributed by atoms with Crippen molar-refractivity contribution in [3.05, 3.63) is 11.9 Å². The second kappa shape index (κ2) is 4.44. The molecule has 0 aromatic carbocycles. The lowest BCUT2D eigenvalue weighted by molar-refractivity contribution is 0.143. The number of nitrogens with zero attached hydrogens (tertiary/aromatic N) is 2. The summed E-state index contributed by atoms with van der Waals surface area (Å²) in [7, 11) is 1.63. The van der Waals surface area contributed by atoms with Crippen LogP contribution in [-0.4, -0.2) is 30.3 Å². The zero-order chi connectivity index (χ0) is 10.7. The smallest absolute Gasteiger partial charge is 0.218 e. The number of anilines is 1. The van der Waals surface area contributed by atoms with Gasteiger partial charge in [-0.2, -0.15) is 4.98 Å². The van der Waals surface area contributed by atoms with Crippen LogP contribution in [0.25, 0.3) is 0 Å². The fraction of sp³-hybridized carbons (Fsp3) is 0.600. The highest BCUT2D eigenvalue weighted by molar-refractivity contribution is 5.34. The van der Waals surface area contributed by atoms with Gasteiger partial charge in [-0.1, -0.05) is 0 Å². The van der Waals surface area contributed by atoms with Crippen molar-refractivity contribution in [2.75, 3.05) is 26.1 Å². The summed E-state index contributed by atoms with van der Waals surface area (Å²) >= 11 is 0. The molecular formula is C10H15N3O2. The largest absolute Gasteiger partial charge is 0.475 e. The van der Waals surface area contributed by atoms with Crippen LogP contribution in [0.2, 0.25) is 0 Å². The number of rotatable bonds is 5. The van der Waals surface area contributed by atoms with E-state index in [2.05, 4.69) is 9.97 Å². The third-order valence-electron chi connectivity index (χ3n) is 2.22. The molecule has 1 saturated carbocycles. The molecule has 0 spiro atoms. The van der Waals surface area contributed by atoms with Crippen LogP contribution in [0.4, 0.5) is 5.82 Å². The number of methoxy groups -OCH3 is 1. The normalized spacial score (nSPS) is 15.3. The van der Waals surface area contributed by atoms with Crippen LogP contribution in [0.15, 0.2) is 6.07 Å². The van der Waals surface area contributed by atoms with Gasteiger partial charge in [0.25, 0.3) is 0 Å². The van der Waals surface area contributed by atoms with Crippen LogP contribution in [0.3, 0.4) is 0 Å². The Morgan fingerprint density at radius 2 is 2.20 bits per heavy atom. The molecule has 5 nitrogen and oxygen atoms in total. The Morgan fingerprint density at radius 1 is 1.40 bits per heavy atom. The molecule has 0 radical (unpaired) electrons.